The molecule has 2 aromatic carbocycles. The van der Waals surface area contributed by atoms with E-state index in [9.17, 15) is 14.9 Å². The molecule has 0 unspecified atom stereocenters. The topological polar surface area (TPSA) is 112 Å². The molecule has 1 amide bonds. The van der Waals surface area contributed by atoms with Crippen LogP contribution in [0, 0.1) is 10.1 Å². The molecule has 1 N–H and O–H groups in total. The summed E-state index contributed by atoms with van der Waals surface area (Å²) in [6.45, 7) is 8.05. The highest BCUT2D eigenvalue weighted by Gasteiger charge is 2.18. The van der Waals surface area contributed by atoms with Crippen LogP contribution >= 0.6 is 0 Å². The molecule has 10 nitrogen and oxygen atoms in total. The lowest BCUT2D eigenvalue weighted by Crippen LogP contribution is -2.36. The number of nitrogens with zero attached hydrogens (tertiary/aromatic N) is 4. The predicted octanol–water partition coefficient (Wildman–Crippen LogP) is 3.38. The Balaban J connectivity index is 1.43. The lowest BCUT2D eigenvalue weighted by atomic mass is 10.2. The van der Waals surface area contributed by atoms with Gasteiger partial charge in [-0.05, 0) is 44.2 Å². The van der Waals surface area contributed by atoms with Gasteiger partial charge in [-0.1, -0.05) is 0 Å². The van der Waals surface area contributed by atoms with Crippen molar-refractivity contribution in [1.29, 1.82) is 0 Å². The summed E-state index contributed by atoms with van der Waals surface area (Å²) < 4.78 is 13.1. The number of nitrogens with one attached hydrogen (secondary N) is 1. The minimum atomic E-state index is -0.487. The maximum Gasteiger partial charge on any atom is 0.269 e. The molecule has 0 bridgehead atoms. The van der Waals surface area contributed by atoms with Crippen molar-refractivity contribution in [3.8, 4) is 5.75 Å². The number of non-ortho nitro benzene ring substituents is 1. The number of nitro benzene ring substituents is 1. The van der Waals surface area contributed by atoms with Crippen molar-refractivity contribution in [1.82, 2.24) is 14.5 Å². The average molecular weight is 453 g/mol. The Morgan fingerprint density at radius 1 is 1.21 bits per heavy atom. The fourth-order valence-corrected chi connectivity index (χ4v) is 3.88. The SMILES string of the molecule is CC(C)n1c(CN2CCOCC2)nc2cc(NC(=O)COc3ccc([N+](=O)[O-])cc3)ccc21. The molecule has 0 spiro atoms. The van der Waals surface area contributed by atoms with Gasteiger partial charge in [-0.2, -0.15) is 0 Å². The van der Waals surface area contributed by atoms with Crippen LogP contribution in [0.5, 0.6) is 5.75 Å². The summed E-state index contributed by atoms with van der Waals surface area (Å²) in [5.41, 5.74) is 2.44. The number of benzene rings is 2. The van der Waals surface area contributed by atoms with E-state index >= 15 is 0 Å². The molecule has 3 aromatic rings. The summed E-state index contributed by atoms with van der Waals surface area (Å²) >= 11 is 0. The van der Waals surface area contributed by atoms with Crippen LogP contribution < -0.4 is 10.1 Å². The molecule has 0 aliphatic carbocycles. The minimum absolute atomic E-state index is 0.0334. The van der Waals surface area contributed by atoms with Crippen molar-refractivity contribution in [3.63, 3.8) is 0 Å². The van der Waals surface area contributed by atoms with E-state index in [0.29, 0.717) is 11.4 Å². The van der Waals surface area contributed by atoms with Gasteiger partial charge in [-0.25, -0.2) is 4.98 Å². The number of anilines is 1. The van der Waals surface area contributed by atoms with Crippen LogP contribution in [0.2, 0.25) is 0 Å². The van der Waals surface area contributed by atoms with E-state index in [-0.39, 0.29) is 24.2 Å². The Kier molecular flexibility index (Phi) is 6.85. The van der Waals surface area contributed by atoms with Gasteiger partial charge in [-0.15, -0.1) is 0 Å². The van der Waals surface area contributed by atoms with Gasteiger partial charge in [0, 0.05) is 37.0 Å². The number of aromatic nitrogens is 2. The summed E-state index contributed by atoms with van der Waals surface area (Å²) in [7, 11) is 0. The first-order valence-corrected chi connectivity index (χ1v) is 10.9. The second-order valence-electron chi connectivity index (χ2n) is 8.17. The summed E-state index contributed by atoms with van der Waals surface area (Å²) in [5, 5.41) is 13.5. The fourth-order valence-electron chi connectivity index (χ4n) is 3.88. The Morgan fingerprint density at radius 3 is 2.61 bits per heavy atom. The Labute approximate surface area is 191 Å². The highest BCUT2D eigenvalue weighted by atomic mass is 16.6. The summed E-state index contributed by atoms with van der Waals surface area (Å²) in [6, 6.07) is 11.5. The number of amides is 1. The highest BCUT2D eigenvalue weighted by Crippen LogP contribution is 2.25. The molecule has 0 atom stereocenters. The van der Waals surface area contributed by atoms with E-state index < -0.39 is 4.92 Å². The van der Waals surface area contributed by atoms with Crippen molar-refractivity contribution in [3.05, 3.63) is 58.4 Å². The van der Waals surface area contributed by atoms with Crippen LogP contribution in [0.1, 0.15) is 25.7 Å². The highest BCUT2D eigenvalue weighted by molar-refractivity contribution is 5.94. The van der Waals surface area contributed by atoms with Crippen molar-refractivity contribution in [2.75, 3.05) is 38.2 Å². The van der Waals surface area contributed by atoms with E-state index in [0.717, 1.165) is 49.7 Å². The number of morpholine rings is 1. The maximum absolute atomic E-state index is 12.4. The summed E-state index contributed by atoms with van der Waals surface area (Å²) in [5.74, 6) is 1.05. The first-order chi connectivity index (χ1) is 15.9. The van der Waals surface area contributed by atoms with Crippen LogP contribution in [0.25, 0.3) is 11.0 Å². The van der Waals surface area contributed by atoms with Crippen LogP contribution in [0.4, 0.5) is 11.4 Å². The average Bonchev–Trinajstić information content (AvgIpc) is 3.16. The van der Waals surface area contributed by atoms with Crippen molar-refractivity contribution in [2.45, 2.75) is 26.4 Å². The molecule has 4 rings (SSSR count). The van der Waals surface area contributed by atoms with Gasteiger partial charge in [0.1, 0.15) is 11.6 Å². The Morgan fingerprint density at radius 2 is 1.94 bits per heavy atom. The monoisotopic (exact) mass is 453 g/mol. The predicted molar refractivity (Wildman–Crippen MR) is 123 cm³/mol. The molecule has 1 aliphatic rings. The van der Waals surface area contributed by atoms with E-state index in [1.54, 1.807) is 0 Å². The molecule has 0 radical (unpaired) electrons. The van der Waals surface area contributed by atoms with Crippen molar-refractivity contribution >= 4 is 28.3 Å². The van der Waals surface area contributed by atoms with Crippen molar-refractivity contribution < 1.29 is 19.2 Å². The molecule has 1 aromatic heterocycles. The van der Waals surface area contributed by atoms with Crippen LogP contribution in [-0.2, 0) is 16.1 Å². The van der Waals surface area contributed by atoms with Gasteiger partial charge in [0.15, 0.2) is 6.61 Å². The number of hydrogen-bond acceptors (Lipinski definition) is 7. The second kappa shape index (κ2) is 9.97. The molecule has 2 heterocycles. The lowest BCUT2D eigenvalue weighted by molar-refractivity contribution is -0.384. The van der Waals surface area contributed by atoms with Crippen LogP contribution in [0.15, 0.2) is 42.5 Å². The number of hydrogen-bond donors (Lipinski definition) is 1. The van der Waals surface area contributed by atoms with Crippen LogP contribution in [0.3, 0.4) is 0 Å². The molecule has 1 fully saturated rings. The largest absolute Gasteiger partial charge is 0.484 e. The Hall–Kier alpha value is -3.50. The zero-order valence-corrected chi connectivity index (χ0v) is 18.7. The second-order valence-corrected chi connectivity index (χ2v) is 8.17. The number of ether oxygens (including phenoxy) is 2. The number of carbonyl (C=O) groups excluding carboxylic acids is 1. The molecular formula is C23H27N5O5. The standard InChI is InChI=1S/C23H27N5O5/c1-16(2)27-21-8-3-17(13-20(21)25-22(27)14-26-9-11-32-12-10-26)24-23(29)15-33-19-6-4-18(5-7-19)28(30)31/h3-8,13,16H,9-12,14-15H2,1-2H3,(H,24,29). The van der Waals surface area contributed by atoms with Crippen LogP contribution in [-0.4, -0.2) is 58.2 Å². The third-order valence-corrected chi connectivity index (χ3v) is 5.45. The molecule has 10 heteroatoms. The van der Waals surface area contributed by atoms with E-state index in [2.05, 4.69) is 28.6 Å². The maximum atomic E-state index is 12.4. The first-order valence-electron chi connectivity index (χ1n) is 10.9. The molecule has 1 aliphatic heterocycles. The number of fused-ring (bicyclic) bond motifs is 1. The van der Waals surface area contributed by atoms with Gasteiger partial charge >= 0.3 is 0 Å². The summed E-state index contributed by atoms with van der Waals surface area (Å²) in [6.07, 6.45) is 0. The molecule has 174 valence electrons. The fraction of sp³-hybridized carbons (Fsp3) is 0.391. The Bertz CT molecular complexity index is 1140. The van der Waals surface area contributed by atoms with Crippen molar-refractivity contribution in [2.24, 2.45) is 0 Å². The third kappa shape index (κ3) is 5.47. The molecule has 0 saturated carbocycles. The van der Waals surface area contributed by atoms with Gasteiger partial charge < -0.3 is 19.4 Å². The molecule has 33 heavy (non-hydrogen) atoms. The zero-order chi connectivity index (χ0) is 23.4. The molecule has 1 saturated heterocycles. The van der Waals surface area contributed by atoms with E-state index in [1.165, 1.54) is 24.3 Å². The number of imidazole rings is 1. The number of nitro groups is 1. The normalized spacial score (nSPS) is 14.5. The number of rotatable bonds is 8. The quantitative estimate of drug-likeness (QED) is 0.411. The first kappa shape index (κ1) is 22.7. The van der Waals surface area contributed by atoms with E-state index in [1.807, 2.05) is 18.2 Å². The smallest absolute Gasteiger partial charge is 0.269 e. The zero-order valence-electron chi connectivity index (χ0n) is 18.7. The van der Waals surface area contributed by atoms with E-state index in [4.69, 9.17) is 14.5 Å². The molecular weight excluding hydrogens is 426 g/mol. The van der Waals surface area contributed by atoms with Gasteiger partial charge in [-0.3, -0.25) is 19.8 Å². The summed E-state index contributed by atoms with van der Waals surface area (Å²) in [4.78, 5) is 29.8. The third-order valence-electron chi connectivity index (χ3n) is 5.45. The van der Waals surface area contributed by atoms with Gasteiger partial charge in [0.25, 0.3) is 11.6 Å². The lowest BCUT2D eigenvalue weighted by Gasteiger charge is -2.27. The van der Waals surface area contributed by atoms with Gasteiger partial charge in [0.2, 0.25) is 0 Å². The minimum Gasteiger partial charge on any atom is -0.484 e. The van der Waals surface area contributed by atoms with Gasteiger partial charge in [0.05, 0.1) is 35.7 Å². The number of carbonyl (C=O) groups is 1.